The second-order valence-corrected chi connectivity index (χ2v) is 4.12. The molecule has 1 rings (SSSR count). The average molecular weight is 258 g/mol. The first-order chi connectivity index (χ1) is 9.13. The number of ether oxygens (including phenoxy) is 1. The van der Waals surface area contributed by atoms with Crippen LogP contribution in [-0.2, 0) is 14.3 Å². The molecule has 3 heteroatoms. The van der Waals surface area contributed by atoms with E-state index < -0.39 is 11.8 Å². The highest BCUT2D eigenvalue weighted by atomic mass is 16.5. The molecule has 0 aliphatic rings. The molecule has 0 heterocycles. The number of hydrogen-bond donors (Lipinski definition) is 0. The lowest BCUT2D eigenvalue weighted by atomic mass is 10.2. The van der Waals surface area contributed by atoms with Crippen LogP contribution in [0.1, 0.15) is 25.8 Å². The van der Waals surface area contributed by atoms with Gasteiger partial charge >= 0.3 is 5.97 Å². The van der Waals surface area contributed by atoms with Gasteiger partial charge in [-0.25, -0.2) is 4.79 Å². The summed E-state index contributed by atoms with van der Waals surface area (Å²) < 4.78 is 4.91. The second-order valence-electron chi connectivity index (χ2n) is 4.12. The zero-order valence-electron chi connectivity index (χ0n) is 11.2. The van der Waals surface area contributed by atoms with E-state index in [4.69, 9.17) is 4.74 Å². The predicted octanol–water partition coefficient (Wildman–Crippen LogP) is 3.17. The first-order valence-corrected chi connectivity index (χ1v) is 6.28. The van der Waals surface area contributed by atoms with Gasteiger partial charge in [0.25, 0.3) is 5.78 Å². The fourth-order valence-corrected chi connectivity index (χ4v) is 1.27. The standard InChI is InChI=1S/C16H18O3/c1-3-13(2)19-16(18)15(17)12-8-7-11-14-9-5-4-6-10-14/h4-13H,3H2,1-2H3/b11-7+,12-8+. The molecular formula is C16H18O3. The van der Waals surface area contributed by atoms with Crippen LogP contribution in [0.2, 0.25) is 0 Å². The second kappa shape index (κ2) is 8.03. The van der Waals surface area contributed by atoms with Crippen molar-refractivity contribution >= 4 is 17.8 Å². The molecule has 0 radical (unpaired) electrons. The summed E-state index contributed by atoms with van der Waals surface area (Å²) in [6, 6.07) is 9.68. The number of allylic oxidation sites excluding steroid dienone is 2. The lowest BCUT2D eigenvalue weighted by Gasteiger charge is -2.08. The Labute approximate surface area is 113 Å². The van der Waals surface area contributed by atoms with E-state index in [0.29, 0.717) is 6.42 Å². The first kappa shape index (κ1) is 14.9. The van der Waals surface area contributed by atoms with Crippen LogP contribution in [0.4, 0.5) is 0 Å². The van der Waals surface area contributed by atoms with Crippen LogP contribution in [0.5, 0.6) is 0 Å². The van der Waals surface area contributed by atoms with E-state index in [-0.39, 0.29) is 6.10 Å². The number of esters is 1. The van der Waals surface area contributed by atoms with Crippen LogP contribution < -0.4 is 0 Å². The Balaban J connectivity index is 2.46. The summed E-state index contributed by atoms with van der Waals surface area (Å²) in [7, 11) is 0. The van der Waals surface area contributed by atoms with Crippen molar-refractivity contribution < 1.29 is 14.3 Å². The Morgan fingerprint density at radius 1 is 1.21 bits per heavy atom. The van der Waals surface area contributed by atoms with Gasteiger partial charge in [0, 0.05) is 0 Å². The number of ketones is 1. The van der Waals surface area contributed by atoms with Crippen molar-refractivity contribution in [3.63, 3.8) is 0 Å². The minimum Gasteiger partial charge on any atom is -0.457 e. The van der Waals surface area contributed by atoms with E-state index >= 15 is 0 Å². The minimum atomic E-state index is -0.807. The Morgan fingerprint density at radius 3 is 2.53 bits per heavy atom. The van der Waals surface area contributed by atoms with E-state index in [1.165, 1.54) is 12.2 Å². The van der Waals surface area contributed by atoms with E-state index in [1.807, 2.05) is 43.3 Å². The average Bonchev–Trinajstić information content (AvgIpc) is 2.44. The Bertz CT molecular complexity index is 472. The highest BCUT2D eigenvalue weighted by Crippen LogP contribution is 2.01. The smallest absolute Gasteiger partial charge is 0.379 e. The summed E-state index contributed by atoms with van der Waals surface area (Å²) in [5, 5.41) is 0. The molecule has 1 aromatic carbocycles. The van der Waals surface area contributed by atoms with Gasteiger partial charge < -0.3 is 4.74 Å². The largest absolute Gasteiger partial charge is 0.457 e. The topological polar surface area (TPSA) is 43.4 Å². The summed E-state index contributed by atoms with van der Waals surface area (Å²) in [6.45, 7) is 3.64. The van der Waals surface area contributed by atoms with Crippen LogP contribution in [0.25, 0.3) is 6.08 Å². The summed E-state index contributed by atoms with van der Waals surface area (Å²) in [5.41, 5.74) is 1.03. The molecule has 0 aromatic heterocycles. The molecule has 0 aliphatic carbocycles. The monoisotopic (exact) mass is 258 g/mol. The van der Waals surface area contributed by atoms with Gasteiger partial charge in [-0.2, -0.15) is 0 Å². The van der Waals surface area contributed by atoms with Gasteiger partial charge in [-0.05, 0) is 25.0 Å². The lowest BCUT2D eigenvalue weighted by molar-refractivity contribution is -0.155. The van der Waals surface area contributed by atoms with Gasteiger partial charge in [0.15, 0.2) is 0 Å². The predicted molar refractivity (Wildman–Crippen MR) is 75.5 cm³/mol. The maximum Gasteiger partial charge on any atom is 0.379 e. The van der Waals surface area contributed by atoms with Gasteiger partial charge in [-0.3, -0.25) is 4.79 Å². The number of carbonyl (C=O) groups excluding carboxylic acids is 2. The normalized spacial score (nSPS) is 12.7. The van der Waals surface area contributed by atoms with Crippen molar-refractivity contribution in [1.29, 1.82) is 0 Å². The summed E-state index contributed by atoms with van der Waals surface area (Å²) in [4.78, 5) is 22.7. The molecule has 100 valence electrons. The van der Waals surface area contributed by atoms with Gasteiger partial charge in [0.2, 0.25) is 0 Å². The number of carbonyl (C=O) groups is 2. The molecule has 0 bridgehead atoms. The number of benzene rings is 1. The van der Waals surface area contributed by atoms with Gasteiger partial charge in [-0.15, -0.1) is 0 Å². The molecule has 0 fully saturated rings. The van der Waals surface area contributed by atoms with Crippen molar-refractivity contribution in [2.45, 2.75) is 26.4 Å². The Kier molecular flexibility index (Phi) is 6.30. The van der Waals surface area contributed by atoms with Gasteiger partial charge in [-0.1, -0.05) is 55.5 Å². The van der Waals surface area contributed by atoms with Crippen LogP contribution in [0, 0.1) is 0 Å². The van der Waals surface area contributed by atoms with Crippen molar-refractivity contribution in [1.82, 2.24) is 0 Å². The van der Waals surface area contributed by atoms with Crippen LogP contribution in [0.15, 0.2) is 48.6 Å². The molecular weight excluding hydrogens is 240 g/mol. The van der Waals surface area contributed by atoms with Crippen LogP contribution in [0.3, 0.4) is 0 Å². The maximum absolute atomic E-state index is 11.4. The zero-order chi connectivity index (χ0) is 14.1. The highest BCUT2D eigenvalue weighted by Gasteiger charge is 2.14. The number of rotatable bonds is 6. The van der Waals surface area contributed by atoms with E-state index in [2.05, 4.69) is 0 Å². The molecule has 0 spiro atoms. The van der Waals surface area contributed by atoms with Crippen LogP contribution in [-0.4, -0.2) is 17.9 Å². The summed E-state index contributed by atoms with van der Waals surface area (Å²) in [6.07, 6.45) is 6.77. The third-order valence-electron chi connectivity index (χ3n) is 2.53. The third-order valence-corrected chi connectivity index (χ3v) is 2.53. The first-order valence-electron chi connectivity index (χ1n) is 6.28. The lowest BCUT2D eigenvalue weighted by Crippen LogP contribution is -2.20. The Hall–Kier alpha value is -2.16. The molecule has 0 N–H and O–H groups in total. The summed E-state index contributed by atoms with van der Waals surface area (Å²) in [5.74, 6) is -1.45. The molecule has 0 aliphatic heterocycles. The van der Waals surface area contributed by atoms with E-state index in [9.17, 15) is 9.59 Å². The maximum atomic E-state index is 11.4. The van der Waals surface area contributed by atoms with Crippen molar-refractivity contribution in [3.05, 3.63) is 54.1 Å². The molecule has 1 aromatic rings. The SMILES string of the molecule is CCC(C)OC(=O)C(=O)/C=C/C=C/c1ccccc1. The van der Waals surface area contributed by atoms with Crippen molar-refractivity contribution in [3.8, 4) is 0 Å². The molecule has 1 atom stereocenters. The Morgan fingerprint density at radius 2 is 1.89 bits per heavy atom. The molecule has 0 amide bonds. The fraction of sp³-hybridized carbons (Fsp3) is 0.250. The van der Waals surface area contributed by atoms with Crippen molar-refractivity contribution in [2.75, 3.05) is 0 Å². The third kappa shape index (κ3) is 5.82. The molecule has 3 nitrogen and oxygen atoms in total. The molecule has 19 heavy (non-hydrogen) atoms. The molecule has 0 saturated carbocycles. The van der Waals surface area contributed by atoms with Crippen LogP contribution >= 0.6 is 0 Å². The quantitative estimate of drug-likeness (QED) is 0.341. The van der Waals surface area contributed by atoms with E-state index in [0.717, 1.165) is 5.56 Å². The highest BCUT2D eigenvalue weighted by molar-refractivity contribution is 6.38. The number of hydrogen-bond acceptors (Lipinski definition) is 3. The fourth-order valence-electron chi connectivity index (χ4n) is 1.27. The van der Waals surface area contributed by atoms with Crippen molar-refractivity contribution in [2.24, 2.45) is 0 Å². The minimum absolute atomic E-state index is 0.232. The summed E-state index contributed by atoms with van der Waals surface area (Å²) >= 11 is 0. The zero-order valence-corrected chi connectivity index (χ0v) is 11.2. The van der Waals surface area contributed by atoms with Gasteiger partial charge in [0.1, 0.15) is 0 Å². The van der Waals surface area contributed by atoms with E-state index in [1.54, 1.807) is 13.0 Å². The molecule has 1 unspecified atom stereocenters. The molecule has 0 saturated heterocycles. The van der Waals surface area contributed by atoms with Gasteiger partial charge in [0.05, 0.1) is 6.10 Å².